The Hall–Kier alpha value is -2.36. The molecule has 0 fully saturated rings. The normalized spacial score (nSPS) is 11.8. The molecule has 1 amide bonds. The Balaban J connectivity index is 2.04. The van der Waals surface area contributed by atoms with Crippen LogP contribution in [0.3, 0.4) is 0 Å². The van der Waals surface area contributed by atoms with E-state index in [1.165, 1.54) is 12.1 Å². The standard InChI is InChI=1S/C17H19FN2O/c1-12(13-7-4-3-5-8-13)11-20-17(21)14-9-6-10-15(18)16(14)19-2/h3-10,12,19H,11H2,1-2H3,(H,20,21). The van der Waals surface area contributed by atoms with Crippen LogP contribution in [-0.2, 0) is 0 Å². The number of para-hydroxylation sites is 1. The highest BCUT2D eigenvalue weighted by Crippen LogP contribution is 2.19. The monoisotopic (exact) mass is 286 g/mol. The number of carbonyl (C=O) groups excluding carboxylic acids is 1. The maximum atomic E-state index is 13.6. The Bertz CT molecular complexity index is 613. The predicted molar refractivity (Wildman–Crippen MR) is 83.1 cm³/mol. The fourth-order valence-corrected chi connectivity index (χ4v) is 2.21. The van der Waals surface area contributed by atoms with E-state index in [4.69, 9.17) is 0 Å². The summed E-state index contributed by atoms with van der Waals surface area (Å²) in [5, 5.41) is 5.58. The summed E-state index contributed by atoms with van der Waals surface area (Å²) < 4.78 is 13.6. The van der Waals surface area contributed by atoms with Crippen molar-refractivity contribution in [3.63, 3.8) is 0 Å². The molecule has 0 saturated heterocycles. The Kier molecular flexibility index (Phi) is 4.93. The number of nitrogens with one attached hydrogen (secondary N) is 2. The molecule has 3 nitrogen and oxygen atoms in total. The first kappa shape index (κ1) is 15.0. The summed E-state index contributed by atoms with van der Waals surface area (Å²) in [7, 11) is 1.60. The minimum absolute atomic E-state index is 0.196. The first-order valence-corrected chi connectivity index (χ1v) is 6.93. The Morgan fingerprint density at radius 1 is 1.14 bits per heavy atom. The maximum Gasteiger partial charge on any atom is 0.253 e. The zero-order valence-corrected chi connectivity index (χ0v) is 12.2. The molecule has 0 saturated carbocycles. The molecule has 0 aliphatic carbocycles. The van der Waals surface area contributed by atoms with Crippen LogP contribution in [0.15, 0.2) is 48.5 Å². The molecule has 21 heavy (non-hydrogen) atoms. The molecule has 0 spiro atoms. The summed E-state index contributed by atoms with van der Waals surface area (Å²) >= 11 is 0. The van der Waals surface area contributed by atoms with E-state index in [9.17, 15) is 9.18 Å². The third-order valence-electron chi connectivity index (χ3n) is 3.45. The molecule has 2 aromatic carbocycles. The van der Waals surface area contributed by atoms with Gasteiger partial charge in [0.15, 0.2) is 0 Å². The number of hydrogen-bond donors (Lipinski definition) is 2. The lowest BCUT2D eigenvalue weighted by atomic mass is 10.0. The lowest BCUT2D eigenvalue weighted by Gasteiger charge is -2.14. The SMILES string of the molecule is CNc1c(F)cccc1C(=O)NCC(C)c1ccccc1. The van der Waals surface area contributed by atoms with Crippen molar-refractivity contribution in [1.29, 1.82) is 0 Å². The second-order valence-electron chi connectivity index (χ2n) is 4.93. The van der Waals surface area contributed by atoms with Crippen LogP contribution in [0, 0.1) is 5.82 Å². The fourth-order valence-electron chi connectivity index (χ4n) is 2.21. The van der Waals surface area contributed by atoms with E-state index in [1.54, 1.807) is 13.1 Å². The Morgan fingerprint density at radius 3 is 2.52 bits per heavy atom. The van der Waals surface area contributed by atoms with Crippen LogP contribution in [0.1, 0.15) is 28.8 Å². The zero-order valence-electron chi connectivity index (χ0n) is 12.2. The average Bonchev–Trinajstić information content (AvgIpc) is 2.52. The van der Waals surface area contributed by atoms with Gasteiger partial charge in [0, 0.05) is 13.6 Å². The van der Waals surface area contributed by atoms with Crippen LogP contribution in [0.2, 0.25) is 0 Å². The molecule has 4 heteroatoms. The van der Waals surface area contributed by atoms with Gasteiger partial charge in [0.05, 0.1) is 11.3 Å². The van der Waals surface area contributed by atoms with Crippen LogP contribution in [-0.4, -0.2) is 19.5 Å². The van der Waals surface area contributed by atoms with E-state index >= 15 is 0 Å². The van der Waals surface area contributed by atoms with E-state index in [0.717, 1.165) is 5.56 Å². The number of halogens is 1. The minimum Gasteiger partial charge on any atom is -0.385 e. The number of anilines is 1. The second kappa shape index (κ2) is 6.88. The van der Waals surface area contributed by atoms with Crippen molar-refractivity contribution >= 4 is 11.6 Å². The molecule has 0 radical (unpaired) electrons. The van der Waals surface area contributed by atoms with E-state index in [-0.39, 0.29) is 17.5 Å². The third-order valence-corrected chi connectivity index (χ3v) is 3.45. The summed E-state index contributed by atoms with van der Waals surface area (Å²) in [6.45, 7) is 2.54. The molecule has 2 rings (SSSR count). The van der Waals surface area contributed by atoms with Crippen molar-refractivity contribution in [2.75, 3.05) is 18.9 Å². The second-order valence-corrected chi connectivity index (χ2v) is 4.93. The summed E-state index contributed by atoms with van der Waals surface area (Å²) in [5.74, 6) is -0.510. The summed E-state index contributed by atoms with van der Waals surface area (Å²) in [6, 6.07) is 14.4. The molecule has 0 bridgehead atoms. The van der Waals surface area contributed by atoms with Crippen LogP contribution >= 0.6 is 0 Å². The Morgan fingerprint density at radius 2 is 1.86 bits per heavy atom. The molecular formula is C17H19FN2O. The summed E-state index contributed by atoms with van der Waals surface area (Å²) in [6.07, 6.45) is 0. The van der Waals surface area contributed by atoms with E-state index in [1.807, 2.05) is 37.3 Å². The van der Waals surface area contributed by atoms with Gasteiger partial charge in [0.1, 0.15) is 5.82 Å². The molecule has 0 aliphatic heterocycles. The van der Waals surface area contributed by atoms with Crippen LogP contribution in [0.25, 0.3) is 0 Å². The third kappa shape index (κ3) is 3.60. The zero-order chi connectivity index (χ0) is 15.2. The van der Waals surface area contributed by atoms with E-state index in [2.05, 4.69) is 10.6 Å². The fraction of sp³-hybridized carbons (Fsp3) is 0.235. The van der Waals surface area contributed by atoms with Gasteiger partial charge in [-0.15, -0.1) is 0 Å². The van der Waals surface area contributed by atoms with Crippen LogP contribution in [0.5, 0.6) is 0 Å². The number of benzene rings is 2. The molecule has 2 aromatic rings. The van der Waals surface area contributed by atoms with Crippen molar-refractivity contribution in [3.05, 3.63) is 65.5 Å². The van der Waals surface area contributed by atoms with Crippen molar-refractivity contribution < 1.29 is 9.18 Å². The molecule has 0 aliphatic rings. The van der Waals surface area contributed by atoms with Crippen molar-refractivity contribution in [2.24, 2.45) is 0 Å². The largest absolute Gasteiger partial charge is 0.385 e. The van der Waals surface area contributed by atoms with E-state index in [0.29, 0.717) is 12.1 Å². The minimum atomic E-state index is -0.429. The maximum absolute atomic E-state index is 13.6. The number of hydrogen-bond acceptors (Lipinski definition) is 2. The van der Waals surface area contributed by atoms with Gasteiger partial charge in [-0.25, -0.2) is 4.39 Å². The summed E-state index contributed by atoms with van der Waals surface area (Å²) in [4.78, 5) is 12.2. The summed E-state index contributed by atoms with van der Waals surface area (Å²) in [5.41, 5.74) is 1.70. The number of rotatable bonds is 5. The first-order valence-electron chi connectivity index (χ1n) is 6.93. The van der Waals surface area contributed by atoms with E-state index < -0.39 is 5.82 Å². The van der Waals surface area contributed by atoms with Gasteiger partial charge in [-0.2, -0.15) is 0 Å². The lowest BCUT2D eigenvalue weighted by molar-refractivity contribution is 0.0952. The molecule has 0 heterocycles. The molecular weight excluding hydrogens is 267 g/mol. The smallest absolute Gasteiger partial charge is 0.253 e. The predicted octanol–water partition coefficient (Wildman–Crippen LogP) is 3.40. The quantitative estimate of drug-likeness (QED) is 0.884. The topological polar surface area (TPSA) is 41.1 Å². The lowest BCUT2D eigenvalue weighted by Crippen LogP contribution is -2.28. The first-order chi connectivity index (χ1) is 10.1. The van der Waals surface area contributed by atoms with Crippen molar-refractivity contribution in [3.8, 4) is 0 Å². The number of amides is 1. The molecule has 110 valence electrons. The highest BCUT2D eigenvalue weighted by atomic mass is 19.1. The van der Waals surface area contributed by atoms with Gasteiger partial charge in [0.25, 0.3) is 5.91 Å². The molecule has 0 aromatic heterocycles. The Labute approximate surface area is 124 Å². The van der Waals surface area contributed by atoms with Crippen molar-refractivity contribution in [1.82, 2.24) is 5.32 Å². The molecule has 1 atom stereocenters. The molecule has 1 unspecified atom stereocenters. The van der Waals surface area contributed by atoms with Gasteiger partial charge in [-0.1, -0.05) is 43.3 Å². The highest BCUT2D eigenvalue weighted by Gasteiger charge is 2.15. The molecule has 2 N–H and O–H groups in total. The van der Waals surface area contributed by atoms with Crippen molar-refractivity contribution in [2.45, 2.75) is 12.8 Å². The van der Waals surface area contributed by atoms with Gasteiger partial charge in [0.2, 0.25) is 0 Å². The van der Waals surface area contributed by atoms with Gasteiger partial charge in [-0.3, -0.25) is 4.79 Å². The van der Waals surface area contributed by atoms with Gasteiger partial charge in [-0.05, 0) is 23.6 Å². The van der Waals surface area contributed by atoms with Crippen LogP contribution in [0.4, 0.5) is 10.1 Å². The highest BCUT2D eigenvalue weighted by molar-refractivity contribution is 5.99. The number of carbonyl (C=O) groups is 1. The average molecular weight is 286 g/mol. The van der Waals surface area contributed by atoms with Gasteiger partial charge >= 0.3 is 0 Å². The van der Waals surface area contributed by atoms with Crippen LogP contribution < -0.4 is 10.6 Å². The van der Waals surface area contributed by atoms with Gasteiger partial charge < -0.3 is 10.6 Å².